The Labute approximate surface area is 165 Å². The fourth-order valence-corrected chi connectivity index (χ4v) is 8.09. The van der Waals surface area contributed by atoms with E-state index in [1.165, 1.54) is 44.9 Å². The zero-order chi connectivity index (χ0) is 18.8. The van der Waals surface area contributed by atoms with Crippen LogP contribution in [-0.4, -0.2) is 23.9 Å². The smallest absolute Gasteiger partial charge is 0.0790 e. The quantitative estimate of drug-likeness (QED) is 0.603. The average molecular weight is 371 g/mol. The second kappa shape index (κ2) is 6.46. The number of ether oxygens (including phenoxy) is 1. The minimum atomic E-state index is -0.106. The lowest BCUT2D eigenvalue weighted by atomic mass is 9.45. The van der Waals surface area contributed by atoms with Crippen molar-refractivity contribution in [1.29, 1.82) is 0 Å². The highest BCUT2D eigenvalue weighted by Crippen LogP contribution is 2.66. The Morgan fingerprint density at radius 3 is 2.63 bits per heavy atom. The minimum absolute atomic E-state index is 0.106. The third-order valence-corrected chi connectivity index (χ3v) is 9.58. The zero-order valence-electron chi connectivity index (χ0n) is 17.5. The second-order valence-corrected chi connectivity index (χ2v) is 10.9. The van der Waals surface area contributed by atoms with E-state index in [2.05, 4.69) is 32.9 Å². The Morgan fingerprint density at radius 1 is 1.04 bits per heavy atom. The summed E-state index contributed by atoms with van der Waals surface area (Å²) in [4.78, 5) is 0. The van der Waals surface area contributed by atoms with E-state index >= 15 is 0 Å². The molecule has 3 fully saturated rings. The normalized spacial score (nSPS) is 52.3. The predicted molar refractivity (Wildman–Crippen MR) is 109 cm³/mol. The van der Waals surface area contributed by atoms with Gasteiger partial charge >= 0.3 is 0 Å². The van der Waals surface area contributed by atoms with Gasteiger partial charge in [0.25, 0.3) is 0 Å². The van der Waals surface area contributed by atoms with Gasteiger partial charge in [0.1, 0.15) is 0 Å². The summed E-state index contributed by atoms with van der Waals surface area (Å²) < 4.78 is 6.25. The van der Waals surface area contributed by atoms with Gasteiger partial charge in [-0.1, -0.05) is 38.5 Å². The first-order valence-corrected chi connectivity index (χ1v) is 11.6. The molecule has 1 unspecified atom stereocenters. The fraction of sp³-hybridized carbons (Fsp3) is 0.840. The van der Waals surface area contributed by atoms with Gasteiger partial charge < -0.3 is 9.84 Å². The summed E-state index contributed by atoms with van der Waals surface area (Å²) >= 11 is 0. The predicted octanol–water partition coefficient (Wildman–Crippen LogP) is 5.66. The van der Waals surface area contributed by atoms with Crippen LogP contribution in [0.25, 0.3) is 0 Å². The molecule has 5 rings (SSSR count). The maximum atomic E-state index is 10.3. The lowest BCUT2D eigenvalue weighted by Crippen LogP contribution is -2.53. The van der Waals surface area contributed by atoms with Gasteiger partial charge in [-0.15, -0.1) is 0 Å². The van der Waals surface area contributed by atoms with Crippen LogP contribution in [0, 0.1) is 34.5 Å². The molecule has 2 nitrogen and oxygen atoms in total. The summed E-state index contributed by atoms with van der Waals surface area (Å²) in [6, 6.07) is 0. The highest BCUT2D eigenvalue weighted by molar-refractivity contribution is 5.32. The number of hydrogen-bond acceptors (Lipinski definition) is 2. The van der Waals surface area contributed by atoms with Crippen molar-refractivity contribution in [1.82, 2.24) is 0 Å². The van der Waals surface area contributed by atoms with E-state index in [0.29, 0.717) is 22.9 Å². The van der Waals surface area contributed by atoms with Crippen LogP contribution < -0.4 is 0 Å². The average Bonchev–Trinajstić information content (AvgIpc) is 3.01. The molecule has 0 spiro atoms. The molecule has 8 atom stereocenters. The first kappa shape index (κ1) is 18.4. The molecule has 2 saturated carbocycles. The van der Waals surface area contributed by atoms with Gasteiger partial charge in [-0.3, -0.25) is 0 Å². The van der Waals surface area contributed by atoms with Crippen LogP contribution >= 0.6 is 0 Å². The van der Waals surface area contributed by atoms with Gasteiger partial charge in [0.2, 0.25) is 0 Å². The van der Waals surface area contributed by atoms with E-state index in [9.17, 15) is 5.11 Å². The van der Waals surface area contributed by atoms with Crippen LogP contribution in [0.4, 0.5) is 0 Å². The molecule has 0 bridgehead atoms. The van der Waals surface area contributed by atoms with Gasteiger partial charge in [-0.25, -0.2) is 0 Å². The van der Waals surface area contributed by atoms with Crippen LogP contribution in [0.15, 0.2) is 23.3 Å². The van der Waals surface area contributed by atoms with Crippen LogP contribution in [0.2, 0.25) is 0 Å². The summed E-state index contributed by atoms with van der Waals surface area (Å²) in [5.41, 5.74) is 3.94. The van der Waals surface area contributed by atoms with Crippen molar-refractivity contribution in [2.24, 2.45) is 34.5 Å². The highest BCUT2D eigenvalue weighted by atomic mass is 16.5. The summed E-state index contributed by atoms with van der Waals surface area (Å²) in [6.45, 7) is 8.53. The largest absolute Gasteiger partial charge is 0.393 e. The number of rotatable bonds is 1. The molecule has 0 aromatic carbocycles. The Bertz CT molecular complexity index is 657. The molecule has 5 aliphatic rings. The maximum absolute atomic E-state index is 10.3. The van der Waals surface area contributed by atoms with E-state index < -0.39 is 0 Å². The maximum Gasteiger partial charge on any atom is 0.0790 e. The topological polar surface area (TPSA) is 29.5 Å². The Balaban J connectivity index is 1.46. The Kier molecular flexibility index (Phi) is 4.41. The van der Waals surface area contributed by atoms with Gasteiger partial charge in [-0.05, 0) is 97.9 Å². The lowest BCUT2D eigenvalue weighted by molar-refractivity contribution is -0.0584. The molecule has 0 aromatic rings. The molecular formula is C25H38O2. The van der Waals surface area contributed by atoms with Crippen molar-refractivity contribution in [3.63, 3.8) is 0 Å². The van der Waals surface area contributed by atoms with Crippen molar-refractivity contribution in [3.8, 4) is 0 Å². The molecule has 150 valence electrons. The molecule has 2 heteroatoms. The van der Waals surface area contributed by atoms with Crippen molar-refractivity contribution in [3.05, 3.63) is 23.3 Å². The number of hydrogen-bond donors (Lipinski definition) is 1. The van der Waals surface area contributed by atoms with Gasteiger partial charge in [-0.2, -0.15) is 0 Å². The molecule has 1 N–H and O–H groups in total. The SMILES string of the molecule is C[C@@H]1C=C2C[C@H](O)CC[C@]2(C)[C@H]2CC[C@]3(C)C(C4CCCCO4)=CC[C@H]3[C@H]12. The second-order valence-electron chi connectivity index (χ2n) is 10.9. The molecule has 0 aromatic heterocycles. The summed E-state index contributed by atoms with van der Waals surface area (Å²) in [5.74, 6) is 3.03. The molecule has 0 amide bonds. The molecule has 1 saturated heterocycles. The van der Waals surface area contributed by atoms with E-state index in [-0.39, 0.29) is 6.10 Å². The summed E-state index contributed by atoms with van der Waals surface area (Å²) in [5, 5.41) is 10.3. The number of aliphatic hydroxyl groups is 1. The van der Waals surface area contributed by atoms with E-state index in [1.54, 1.807) is 11.1 Å². The number of allylic oxidation sites excluding steroid dienone is 2. The molecular weight excluding hydrogens is 332 g/mol. The van der Waals surface area contributed by atoms with Crippen LogP contribution in [0.1, 0.15) is 78.6 Å². The van der Waals surface area contributed by atoms with Crippen LogP contribution in [-0.2, 0) is 4.74 Å². The first-order chi connectivity index (χ1) is 12.9. The van der Waals surface area contributed by atoms with E-state index in [0.717, 1.165) is 37.2 Å². The first-order valence-electron chi connectivity index (χ1n) is 11.6. The van der Waals surface area contributed by atoms with Gasteiger partial charge in [0.15, 0.2) is 0 Å². The number of fused-ring (bicyclic) bond motifs is 5. The van der Waals surface area contributed by atoms with Crippen LogP contribution in [0.3, 0.4) is 0 Å². The third-order valence-electron chi connectivity index (χ3n) is 9.58. The summed E-state index contributed by atoms with van der Waals surface area (Å²) in [6.07, 6.45) is 16.3. The zero-order valence-corrected chi connectivity index (χ0v) is 17.5. The Hall–Kier alpha value is -0.600. The van der Waals surface area contributed by atoms with E-state index in [4.69, 9.17) is 4.74 Å². The fourth-order valence-electron chi connectivity index (χ4n) is 8.09. The van der Waals surface area contributed by atoms with Gasteiger partial charge in [0.05, 0.1) is 12.2 Å². The van der Waals surface area contributed by atoms with Crippen LogP contribution in [0.5, 0.6) is 0 Å². The molecule has 1 heterocycles. The van der Waals surface area contributed by atoms with Crippen molar-refractivity contribution in [2.75, 3.05) is 6.61 Å². The third kappa shape index (κ3) is 2.65. The number of aliphatic hydroxyl groups excluding tert-OH is 1. The molecule has 1 aliphatic heterocycles. The highest BCUT2D eigenvalue weighted by Gasteiger charge is 2.59. The molecule has 4 aliphatic carbocycles. The molecule has 0 radical (unpaired) electrons. The lowest BCUT2D eigenvalue weighted by Gasteiger charge is -2.59. The Morgan fingerprint density at radius 2 is 1.85 bits per heavy atom. The van der Waals surface area contributed by atoms with E-state index in [1.807, 2.05) is 0 Å². The monoisotopic (exact) mass is 370 g/mol. The van der Waals surface area contributed by atoms with Crippen molar-refractivity contribution in [2.45, 2.75) is 90.8 Å². The van der Waals surface area contributed by atoms with Crippen molar-refractivity contribution >= 4 is 0 Å². The summed E-state index contributed by atoms with van der Waals surface area (Å²) in [7, 11) is 0. The molecule has 27 heavy (non-hydrogen) atoms. The standard InChI is InChI=1S/C25H38O2/c1-16-14-17-15-18(26)9-11-24(17,2)21-10-12-25(3)19(7-8-20(25)23(16)21)22-6-4-5-13-27-22/h7,14,16,18,20-23,26H,4-6,8-13,15H2,1-3H3/t16-,18-,20+,21+,22?,23+,24+,25-/m1/s1. The van der Waals surface area contributed by atoms with Crippen molar-refractivity contribution < 1.29 is 9.84 Å². The minimum Gasteiger partial charge on any atom is -0.393 e. The van der Waals surface area contributed by atoms with Gasteiger partial charge in [0, 0.05) is 6.61 Å².